The molecule has 0 atom stereocenters. The number of benzene rings is 2. The second kappa shape index (κ2) is 17.8. The van der Waals surface area contributed by atoms with Gasteiger partial charge in [-0.25, -0.2) is 16.8 Å². The van der Waals surface area contributed by atoms with E-state index in [1.807, 2.05) is 0 Å². The number of pyridine rings is 2. The van der Waals surface area contributed by atoms with Gasteiger partial charge in [0.1, 0.15) is 10.0 Å². The van der Waals surface area contributed by atoms with Crippen molar-refractivity contribution in [2.45, 2.75) is 26.1 Å². The summed E-state index contributed by atoms with van der Waals surface area (Å²) in [5, 5.41) is 11.8. The summed E-state index contributed by atoms with van der Waals surface area (Å²) in [6, 6.07) is 4.82. The summed E-state index contributed by atoms with van der Waals surface area (Å²) < 4.78 is 130. The Kier molecular flexibility index (Phi) is 13.1. The number of rotatable bonds is 10. The zero-order valence-electron chi connectivity index (χ0n) is 31.9. The number of sulfone groups is 2. The fourth-order valence-corrected chi connectivity index (χ4v) is 12.7. The molecule has 2 saturated heterocycles. The predicted molar refractivity (Wildman–Crippen MR) is 216 cm³/mol. The highest BCUT2D eigenvalue weighted by Crippen LogP contribution is 2.49. The maximum absolute atomic E-state index is 13.0. The topological polar surface area (TPSA) is 198 Å². The molecule has 2 aromatic heterocycles. The summed E-state index contributed by atoms with van der Waals surface area (Å²) in [5.41, 5.74) is -1.11. The van der Waals surface area contributed by atoms with Gasteiger partial charge in [0, 0.05) is 36.4 Å². The van der Waals surface area contributed by atoms with Crippen LogP contribution in [0.4, 0.5) is 17.6 Å². The molecule has 8 rings (SSSR count). The van der Waals surface area contributed by atoms with E-state index in [1.54, 1.807) is 0 Å². The molecule has 63 heavy (non-hydrogen) atoms. The van der Waals surface area contributed by atoms with E-state index in [4.69, 9.17) is 65.4 Å². The predicted octanol–water partition coefficient (Wildman–Crippen LogP) is 6.44. The number of alkyl halides is 4. The maximum Gasteiger partial charge on any atom is 0.387 e. The lowest BCUT2D eigenvalue weighted by Crippen LogP contribution is -2.55. The Bertz CT molecular complexity index is 2670. The van der Waals surface area contributed by atoms with Gasteiger partial charge < -0.3 is 33.6 Å². The first kappa shape index (κ1) is 46.5. The Hall–Kier alpha value is -4.54. The van der Waals surface area contributed by atoms with Gasteiger partial charge in [-0.3, -0.25) is 14.6 Å². The Morgan fingerprint density at radius 2 is 0.984 bits per heavy atom. The fourth-order valence-electron chi connectivity index (χ4n) is 7.38. The van der Waals surface area contributed by atoms with Gasteiger partial charge in [-0.1, -0.05) is 46.4 Å². The molecule has 6 heterocycles. The molecule has 338 valence electrons. The van der Waals surface area contributed by atoms with Crippen molar-refractivity contribution in [1.29, 1.82) is 0 Å². The smallest absolute Gasteiger partial charge is 0.387 e. The van der Waals surface area contributed by atoms with Crippen molar-refractivity contribution in [3.8, 4) is 34.5 Å². The second-order valence-corrected chi connectivity index (χ2v) is 20.8. The Labute approximate surface area is 375 Å². The number of halogens is 8. The molecule has 0 saturated carbocycles. The molecule has 0 aliphatic carbocycles. The number of nitrogens with zero attached hydrogens (tertiary/aromatic N) is 2. The number of fused-ring (bicyclic) bond motifs is 2. The Morgan fingerprint density at radius 1 is 0.635 bits per heavy atom. The minimum Gasteiger partial charge on any atom is -0.619 e. The molecule has 4 aliphatic rings. The van der Waals surface area contributed by atoms with E-state index in [1.165, 1.54) is 30.6 Å². The lowest BCUT2D eigenvalue weighted by Gasteiger charge is -2.38. The number of hydrogen-bond donors (Lipinski definition) is 0. The van der Waals surface area contributed by atoms with E-state index in [2.05, 4.69) is 14.5 Å². The second-order valence-electron chi connectivity index (χ2n) is 15.1. The molecule has 0 bridgehead atoms. The van der Waals surface area contributed by atoms with Crippen LogP contribution in [0.1, 0.15) is 31.8 Å². The number of aromatic nitrogens is 2. The summed E-state index contributed by atoms with van der Waals surface area (Å²) in [6.45, 7) is -6.65. The number of ketones is 2. The molecule has 2 spiro atoms. The van der Waals surface area contributed by atoms with Crippen LogP contribution in [0.15, 0.2) is 49.1 Å². The molecule has 0 amide bonds. The van der Waals surface area contributed by atoms with Gasteiger partial charge >= 0.3 is 13.2 Å². The first-order valence-electron chi connectivity index (χ1n) is 18.1. The summed E-state index contributed by atoms with van der Waals surface area (Å²) in [5.74, 6) is -3.02. The Balaban J connectivity index is 0.000000189. The number of carbonyl (C=O) groups is 2. The maximum atomic E-state index is 13.0. The van der Waals surface area contributed by atoms with Crippen molar-refractivity contribution in [1.82, 2.24) is 4.98 Å². The zero-order chi connectivity index (χ0) is 45.6. The largest absolute Gasteiger partial charge is 0.619 e. The quantitative estimate of drug-likeness (QED) is 0.0728. The minimum absolute atomic E-state index is 0.0215. The lowest BCUT2D eigenvalue weighted by atomic mass is 9.94. The lowest BCUT2D eigenvalue weighted by molar-refractivity contribution is -0.605. The van der Waals surface area contributed by atoms with Gasteiger partial charge in [0.25, 0.3) is 0 Å². The third kappa shape index (κ3) is 10.2. The molecule has 0 radical (unpaired) electrons. The van der Waals surface area contributed by atoms with Gasteiger partial charge in [0.05, 0.1) is 81.4 Å². The average Bonchev–Trinajstić information content (AvgIpc) is 3.47. The standard InChI is InChI=1S/C19H15Cl2F2NO7S.C19H15Cl2F2NO6S/c20-12-4-24(26)5-13(21)11(12)3-14(25)10-1-2-15(31-18(22)23)17-16(10)29-6-19(7-30-17)8-32(27,28)9-19;20-12-4-24-5-13(21)11(12)3-14(25)10-1-2-15(30-18(22)23)17-16(10)28-6-19(7-29-17)8-31(26,27)9-19/h1-2,4-5,18H,3,6-9H2;1-2,4-5,18H,3,6-9H2. The van der Waals surface area contributed by atoms with E-state index in [-0.39, 0.29) is 134 Å². The van der Waals surface area contributed by atoms with Gasteiger partial charge in [-0.2, -0.15) is 22.3 Å². The van der Waals surface area contributed by atoms with Crippen LogP contribution in [0, 0.1) is 16.0 Å². The molecular weight excluding hydrogens is 974 g/mol. The summed E-state index contributed by atoms with van der Waals surface area (Å²) in [6.07, 6.45) is 4.24. The SMILES string of the molecule is O=C(Cc1c(Cl)c[n+]([O-])cc1Cl)c1ccc(OC(F)F)c2c1OCC1(CO2)CS(=O)(=O)C1.O=C(Cc1c(Cl)cncc1Cl)c1ccc(OC(F)F)c2c1OCC1(CO2)CS(=O)(=O)C1. The highest BCUT2D eigenvalue weighted by Gasteiger charge is 2.53. The zero-order valence-corrected chi connectivity index (χ0v) is 36.5. The minimum atomic E-state index is -3.24. The molecule has 15 nitrogen and oxygen atoms in total. The summed E-state index contributed by atoms with van der Waals surface area (Å²) in [4.78, 5) is 29.9. The number of carbonyl (C=O) groups excluding carboxylic acids is 2. The van der Waals surface area contributed by atoms with Crippen LogP contribution >= 0.6 is 46.4 Å². The highest BCUT2D eigenvalue weighted by molar-refractivity contribution is 7.93. The number of ether oxygens (including phenoxy) is 6. The van der Waals surface area contributed by atoms with Gasteiger partial charge in [-0.15, -0.1) is 0 Å². The molecule has 4 aromatic rings. The van der Waals surface area contributed by atoms with Crippen LogP contribution in [0.5, 0.6) is 34.5 Å². The van der Waals surface area contributed by atoms with Gasteiger partial charge in [0.2, 0.25) is 11.5 Å². The third-order valence-corrected chi connectivity index (χ3v) is 15.6. The summed E-state index contributed by atoms with van der Waals surface area (Å²) in [7, 11) is -6.45. The van der Waals surface area contributed by atoms with Gasteiger partial charge in [0.15, 0.2) is 66.6 Å². The molecule has 2 fully saturated rings. The Morgan fingerprint density at radius 3 is 1.33 bits per heavy atom. The number of hydrogen-bond acceptors (Lipinski definition) is 14. The fraction of sp³-hybridized carbons (Fsp3) is 0.368. The van der Waals surface area contributed by atoms with Crippen molar-refractivity contribution in [3.05, 3.63) is 96.6 Å². The van der Waals surface area contributed by atoms with Gasteiger partial charge in [-0.05, 0) is 24.3 Å². The van der Waals surface area contributed by atoms with Crippen molar-refractivity contribution >= 4 is 77.6 Å². The molecule has 25 heteroatoms. The summed E-state index contributed by atoms with van der Waals surface area (Å²) >= 11 is 24.2. The van der Waals surface area contributed by atoms with Crippen LogP contribution in [0.3, 0.4) is 0 Å². The van der Waals surface area contributed by atoms with E-state index in [0.29, 0.717) is 10.3 Å². The van der Waals surface area contributed by atoms with Crippen molar-refractivity contribution in [2.75, 3.05) is 49.4 Å². The normalized spacial score (nSPS) is 18.3. The van der Waals surface area contributed by atoms with Crippen molar-refractivity contribution < 1.29 is 77.1 Å². The van der Waals surface area contributed by atoms with Crippen molar-refractivity contribution in [2.24, 2.45) is 10.8 Å². The first-order valence-corrected chi connectivity index (χ1v) is 23.3. The molecule has 2 aromatic carbocycles. The molecule has 4 aliphatic heterocycles. The highest BCUT2D eigenvalue weighted by atomic mass is 35.5. The van der Waals surface area contributed by atoms with E-state index < -0.39 is 55.3 Å². The van der Waals surface area contributed by atoms with E-state index >= 15 is 0 Å². The first-order chi connectivity index (χ1) is 29.6. The monoisotopic (exact) mass is 1000 g/mol. The van der Waals surface area contributed by atoms with Crippen LogP contribution < -0.4 is 33.2 Å². The van der Waals surface area contributed by atoms with Crippen LogP contribution in [0.25, 0.3) is 0 Å². The van der Waals surface area contributed by atoms with E-state index in [9.17, 15) is 49.2 Å². The van der Waals surface area contributed by atoms with Crippen LogP contribution in [-0.2, 0) is 32.5 Å². The number of Topliss-reactive ketones (excluding diaryl/α,β-unsaturated/α-hetero) is 2. The van der Waals surface area contributed by atoms with Crippen molar-refractivity contribution in [3.63, 3.8) is 0 Å². The van der Waals surface area contributed by atoms with Crippen LogP contribution in [0.2, 0.25) is 20.1 Å². The molecule has 0 N–H and O–H groups in total. The third-order valence-electron chi connectivity index (χ3n) is 10.1. The molecule has 0 unspecified atom stereocenters. The van der Waals surface area contributed by atoms with Crippen LogP contribution in [-0.4, -0.2) is 96.0 Å². The molecular formula is C38H30Cl4F4N2O13S2. The van der Waals surface area contributed by atoms with E-state index in [0.717, 1.165) is 18.5 Å². The average molecular weight is 1000 g/mol.